The smallest absolute Gasteiger partial charge is 0.327 e. The summed E-state index contributed by atoms with van der Waals surface area (Å²) in [4.78, 5) is 28.0. The van der Waals surface area contributed by atoms with Gasteiger partial charge in [-0.2, -0.15) is 0 Å². The summed E-state index contributed by atoms with van der Waals surface area (Å²) >= 11 is 0. The van der Waals surface area contributed by atoms with E-state index >= 15 is 0 Å². The van der Waals surface area contributed by atoms with E-state index in [-0.39, 0.29) is 0 Å². The number of carbonyl (C=O) groups is 1. The molecule has 38 heavy (non-hydrogen) atoms. The Kier molecular flexibility index (Phi) is 8.37. The van der Waals surface area contributed by atoms with Gasteiger partial charge in [0.15, 0.2) is 0 Å². The molecule has 0 bridgehead atoms. The van der Waals surface area contributed by atoms with E-state index in [0.717, 1.165) is 38.4 Å². The van der Waals surface area contributed by atoms with Crippen molar-refractivity contribution < 1.29 is 14.3 Å². The van der Waals surface area contributed by atoms with Gasteiger partial charge in [0, 0.05) is 62.3 Å². The number of hydrogen-bond donors (Lipinski definition) is 3. The molecule has 202 valence electrons. The van der Waals surface area contributed by atoms with E-state index in [1.54, 1.807) is 26.3 Å². The van der Waals surface area contributed by atoms with Gasteiger partial charge >= 0.3 is 6.03 Å². The van der Waals surface area contributed by atoms with Gasteiger partial charge in [-0.15, -0.1) is 0 Å². The van der Waals surface area contributed by atoms with Crippen LogP contribution in [0.25, 0.3) is 0 Å². The Morgan fingerprint density at radius 3 is 2.50 bits per heavy atom. The first-order chi connectivity index (χ1) is 18.3. The molecule has 0 saturated carbocycles. The number of rotatable bonds is 8. The number of amides is 2. The fraction of sp³-hybridized carbons (Fsp3) is 0.370. The van der Waals surface area contributed by atoms with E-state index in [4.69, 9.17) is 15.2 Å². The first-order valence-electron chi connectivity index (χ1n) is 12.6. The highest BCUT2D eigenvalue weighted by atomic mass is 16.5. The summed E-state index contributed by atoms with van der Waals surface area (Å²) in [5, 5.41) is 6.19. The van der Waals surface area contributed by atoms with Crippen LogP contribution in [-0.4, -0.2) is 74.9 Å². The Balaban J connectivity index is 1.47. The lowest BCUT2D eigenvalue weighted by Crippen LogP contribution is -2.46. The molecule has 1 saturated heterocycles. The normalized spacial score (nSPS) is 13.7. The Hall–Kier alpha value is -4.25. The number of anilines is 6. The molecule has 0 radical (unpaired) electrons. The van der Waals surface area contributed by atoms with Crippen molar-refractivity contribution in [2.24, 2.45) is 0 Å². The van der Waals surface area contributed by atoms with Crippen LogP contribution in [0.1, 0.15) is 12.5 Å². The molecule has 2 heterocycles. The number of ether oxygens (including phenoxy) is 2. The molecule has 11 nitrogen and oxygen atoms in total. The summed E-state index contributed by atoms with van der Waals surface area (Å²) < 4.78 is 10.7. The number of benzene rings is 2. The quantitative estimate of drug-likeness (QED) is 0.379. The molecule has 4 N–H and O–H groups in total. The maximum atomic E-state index is 13.1. The second-order valence-corrected chi connectivity index (χ2v) is 9.04. The van der Waals surface area contributed by atoms with E-state index < -0.39 is 6.03 Å². The fourth-order valence-corrected chi connectivity index (χ4v) is 4.44. The van der Waals surface area contributed by atoms with Crippen LogP contribution >= 0.6 is 0 Å². The number of likely N-dealkylation sites (N-methyl/N-ethyl adjacent to an activating group) is 1. The number of piperazine rings is 1. The standard InChI is InChI=1S/C27H36N8O3/c1-6-34-10-12-35(13-11-34)20-9-7-8-19(14-20)31-23-16-24(30-17-29-23)33(3)27(36)32-26-18(2)21(37-4)15-22(38-5)25(26)28/h7-9,14-17H,6,10-13,28H2,1-5H3,(H,32,36)(H,29,30,31). The maximum Gasteiger partial charge on any atom is 0.327 e. The van der Waals surface area contributed by atoms with Crippen LogP contribution in [0.5, 0.6) is 11.5 Å². The van der Waals surface area contributed by atoms with Crippen molar-refractivity contribution in [1.29, 1.82) is 0 Å². The molecule has 3 aromatic rings. The molecule has 2 aromatic carbocycles. The fourth-order valence-electron chi connectivity index (χ4n) is 4.44. The number of methoxy groups -OCH3 is 2. The number of carbonyl (C=O) groups excluding carboxylic acids is 1. The summed E-state index contributed by atoms with van der Waals surface area (Å²) in [7, 11) is 4.68. The number of nitrogens with zero attached hydrogens (tertiary/aromatic N) is 5. The summed E-state index contributed by atoms with van der Waals surface area (Å²) in [6.45, 7) is 9.21. The molecular weight excluding hydrogens is 484 g/mol. The molecule has 1 aliphatic rings. The molecule has 0 atom stereocenters. The molecule has 2 amide bonds. The number of aromatic nitrogens is 2. The third-order valence-corrected chi connectivity index (χ3v) is 6.82. The summed E-state index contributed by atoms with van der Waals surface area (Å²) in [6, 6.07) is 11.2. The van der Waals surface area contributed by atoms with Crippen molar-refractivity contribution in [1.82, 2.24) is 14.9 Å². The third kappa shape index (κ3) is 5.83. The lowest BCUT2D eigenvalue weighted by atomic mass is 10.1. The number of nitrogen functional groups attached to an aromatic ring is 1. The monoisotopic (exact) mass is 520 g/mol. The van der Waals surface area contributed by atoms with Gasteiger partial charge < -0.3 is 35.6 Å². The van der Waals surface area contributed by atoms with E-state index in [0.29, 0.717) is 40.1 Å². The molecule has 4 rings (SSSR count). The van der Waals surface area contributed by atoms with E-state index in [2.05, 4.69) is 49.5 Å². The molecule has 0 spiro atoms. The average molecular weight is 521 g/mol. The van der Waals surface area contributed by atoms with Crippen molar-refractivity contribution in [2.45, 2.75) is 13.8 Å². The summed E-state index contributed by atoms with van der Waals surface area (Å²) in [5.41, 5.74) is 9.73. The second-order valence-electron chi connectivity index (χ2n) is 9.04. The zero-order valence-electron chi connectivity index (χ0n) is 22.6. The zero-order valence-corrected chi connectivity index (χ0v) is 22.6. The van der Waals surface area contributed by atoms with Crippen LogP contribution in [0.4, 0.5) is 39.2 Å². The van der Waals surface area contributed by atoms with Crippen molar-refractivity contribution in [3.63, 3.8) is 0 Å². The van der Waals surface area contributed by atoms with Crippen LogP contribution in [0.2, 0.25) is 0 Å². The molecule has 1 aromatic heterocycles. The topological polar surface area (TPSA) is 121 Å². The van der Waals surface area contributed by atoms with Crippen molar-refractivity contribution in [2.75, 3.05) is 80.2 Å². The lowest BCUT2D eigenvalue weighted by molar-refractivity contribution is 0.258. The minimum Gasteiger partial charge on any atom is -0.496 e. The molecule has 11 heteroatoms. The number of urea groups is 1. The predicted octanol–water partition coefficient (Wildman–Crippen LogP) is 3.94. The van der Waals surface area contributed by atoms with Crippen LogP contribution in [-0.2, 0) is 0 Å². The van der Waals surface area contributed by atoms with Gasteiger partial charge in [-0.25, -0.2) is 14.8 Å². The first-order valence-corrected chi connectivity index (χ1v) is 12.6. The summed E-state index contributed by atoms with van der Waals surface area (Å²) in [5.74, 6) is 1.95. The van der Waals surface area contributed by atoms with Gasteiger partial charge in [-0.05, 0) is 31.7 Å². The van der Waals surface area contributed by atoms with Crippen LogP contribution < -0.4 is 35.6 Å². The molecule has 1 aliphatic heterocycles. The average Bonchev–Trinajstić information content (AvgIpc) is 2.95. The molecule has 0 unspecified atom stereocenters. The van der Waals surface area contributed by atoms with Gasteiger partial charge in [0.2, 0.25) is 0 Å². The number of nitrogens with two attached hydrogens (primary N) is 1. The van der Waals surface area contributed by atoms with Gasteiger partial charge in [0.25, 0.3) is 0 Å². The molecule has 0 aliphatic carbocycles. The van der Waals surface area contributed by atoms with Crippen molar-refractivity contribution in [3.8, 4) is 11.5 Å². The van der Waals surface area contributed by atoms with Crippen LogP contribution in [0.15, 0.2) is 42.7 Å². The van der Waals surface area contributed by atoms with Crippen molar-refractivity contribution in [3.05, 3.63) is 48.3 Å². The number of hydrogen-bond acceptors (Lipinski definition) is 9. The van der Waals surface area contributed by atoms with Crippen LogP contribution in [0.3, 0.4) is 0 Å². The van der Waals surface area contributed by atoms with Crippen LogP contribution in [0, 0.1) is 6.92 Å². The minimum atomic E-state index is -0.423. The van der Waals surface area contributed by atoms with Gasteiger partial charge in [0.05, 0.1) is 25.6 Å². The van der Waals surface area contributed by atoms with Gasteiger partial charge in [-0.3, -0.25) is 4.90 Å². The largest absolute Gasteiger partial charge is 0.496 e. The third-order valence-electron chi connectivity index (χ3n) is 6.82. The Bertz CT molecular complexity index is 1250. The SMILES string of the molecule is CCN1CCN(c2cccc(Nc3cc(N(C)C(=O)Nc4c(C)c(OC)cc(OC)c4N)ncn3)c2)CC1. The second kappa shape index (κ2) is 11.9. The summed E-state index contributed by atoms with van der Waals surface area (Å²) in [6.07, 6.45) is 1.42. The molecule has 1 fully saturated rings. The van der Waals surface area contributed by atoms with Crippen molar-refractivity contribution >= 4 is 40.4 Å². The lowest BCUT2D eigenvalue weighted by Gasteiger charge is -2.35. The van der Waals surface area contributed by atoms with Gasteiger partial charge in [-0.1, -0.05) is 13.0 Å². The number of nitrogens with one attached hydrogen (secondary N) is 2. The highest BCUT2D eigenvalue weighted by Gasteiger charge is 2.20. The molecular formula is C27H36N8O3. The maximum absolute atomic E-state index is 13.1. The Morgan fingerprint density at radius 2 is 1.82 bits per heavy atom. The van der Waals surface area contributed by atoms with E-state index in [9.17, 15) is 4.79 Å². The van der Waals surface area contributed by atoms with Gasteiger partial charge in [0.1, 0.15) is 29.5 Å². The van der Waals surface area contributed by atoms with E-state index in [1.807, 2.05) is 19.1 Å². The zero-order chi connectivity index (χ0) is 27.2. The Labute approximate surface area is 223 Å². The first kappa shape index (κ1) is 26.8. The predicted molar refractivity (Wildman–Crippen MR) is 152 cm³/mol. The van der Waals surface area contributed by atoms with E-state index in [1.165, 1.54) is 24.0 Å². The highest BCUT2D eigenvalue weighted by Crippen LogP contribution is 2.39. The Morgan fingerprint density at radius 1 is 1.08 bits per heavy atom. The minimum absolute atomic E-state index is 0.314. The highest BCUT2D eigenvalue weighted by molar-refractivity contribution is 6.04.